The Balaban J connectivity index is 2.18. The number of anilines is 1. The molecular weight excluding hydrogens is 266 g/mol. The molecule has 0 fully saturated rings. The summed E-state index contributed by atoms with van der Waals surface area (Å²) in [5.41, 5.74) is 3.77. The molecule has 2 rings (SSSR count). The Hall–Kier alpha value is -2.47. The number of amides is 1. The van der Waals surface area contributed by atoms with Gasteiger partial charge < -0.3 is 10.3 Å². The molecule has 0 saturated heterocycles. The van der Waals surface area contributed by atoms with Crippen LogP contribution in [0.3, 0.4) is 0 Å². The molecule has 6 nitrogen and oxygen atoms in total. The van der Waals surface area contributed by atoms with Gasteiger partial charge in [0.05, 0.1) is 12.4 Å². The van der Waals surface area contributed by atoms with Gasteiger partial charge in [-0.15, -0.1) is 0 Å². The highest BCUT2D eigenvalue weighted by atomic mass is 16.2. The largest absolute Gasteiger partial charge is 0.331 e. The van der Waals surface area contributed by atoms with Gasteiger partial charge in [0.25, 0.3) is 5.91 Å². The fraction of sp³-hybridized carbons (Fsp3) is 0.267. The van der Waals surface area contributed by atoms with Gasteiger partial charge in [-0.2, -0.15) is 0 Å². The summed E-state index contributed by atoms with van der Waals surface area (Å²) in [5, 5.41) is 0. The molecular formula is C15H19N5O. The molecule has 0 aliphatic carbocycles. The van der Waals surface area contributed by atoms with Gasteiger partial charge in [-0.25, -0.2) is 15.8 Å². The Labute approximate surface area is 124 Å². The number of nitrogens with zero attached hydrogens (tertiary/aromatic N) is 3. The van der Waals surface area contributed by atoms with Crippen LogP contribution in [0.15, 0.2) is 42.7 Å². The Morgan fingerprint density at radius 2 is 1.95 bits per heavy atom. The van der Waals surface area contributed by atoms with E-state index >= 15 is 0 Å². The van der Waals surface area contributed by atoms with Crippen molar-refractivity contribution in [3.8, 4) is 0 Å². The number of nitrogens with one attached hydrogen (secondary N) is 1. The van der Waals surface area contributed by atoms with Crippen molar-refractivity contribution < 1.29 is 4.79 Å². The van der Waals surface area contributed by atoms with E-state index in [4.69, 9.17) is 5.84 Å². The van der Waals surface area contributed by atoms with Gasteiger partial charge in [0, 0.05) is 12.6 Å². The van der Waals surface area contributed by atoms with Gasteiger partial charge in [0.15, 0.2) is 5.82 Å². The predicted octanol–water partition coefficient (Wildman–Crippen LogP) is 1.81. The van der Waals surface area contributed by atoms with Gasteiger partial charge in [-0.3, -0.25) is 4.79 Å². The van der Waals surface area contributed by atoms with E-state index in [0.29, 0.717) is 18.1 Å². The Bertz CT molecular complexity index is 583. The van der Waals surface area contributed by atoms with Crippen molar-refractivity contribution >= 4 is 11.7 Å². The first-order chi connectivity index (χ1) is 10.1. The van der Waals surface area contributed by atoms with Crippen molar-refractivity contribution in [3.63, 3.8) is 0 Å². The summed E-state index contributed by atoms with van der Waals surface area (Å²) in [5.74, 6) is 5.51. The molecule has 0 aliphatic heterocycles. The minimum absolute atomic E-state index is 0.0619. The second kappa shape index (κ2) is 6.81. The Morgan fingerprint density at radius 3 is 2.48 bits per heavy atom. The van der Waals surface area contributed by atoms with Crippen molar-refractivity contribution in [2.24, 2.45) is 5.84 Å². The van der Waals surface area contributed by atoms with E-state index in [1.165, 1.54) is 12.4 Å². The van der Waals surface area contributed by atoms with Crippen LogP contribution in [0.25, 0.3) is 0 Å². The molecule has 1 aromatic carbocycles. The Morgan fingerprint density at radius 1 is 1.24 bits per heavy atom. The number of aromatic nitrogens is 2. The van der Waals surface area contributed by atoms with Crippen LogP contribution in [-0.2, 0) is 6.54 Å². The average Bonchev–Trinajstić information content (AvgIpc) is 2.53. The first kappa shape index (κ1) is 14.9. The maximum atomic E-state index is 12.6. The van der Waals surface area contributed by atoms with Crippen LogP contribution in [-0.4, -0.2) is 26.8 Å². The second-order valence-electron chi connectivity index (χ2n) is 4.94. The zero-order valence-corrected chi connectivity index (χ0v) is 12.2. The minimum Gasteiger partial charge on any atom is -0.331 e. The van der Waals surface area contributed by atoms with Crippen LogP contribution in [0.5, 0.6) is 0 Å². The summed E-state index contributed by atoms with van der Waals surface area (Å²) in [4.78, 5) is 22.4. The number of carbonyl (C=O) groups excluding carboxylic acids is 1. The first-order valence-electron chi connectivity index (χ1n) is 6.75. The summed E-state index contributed by atoms with van der Waals surface area (Å²) < 4.78 is 0. The van der Waals surface area contributed by atoms with Gasteiger partial charge in [-0.1, -0.05) is 30.3 Å². The smallest absolute Gasteiger partial charge is 0.274 e. The molecule has 0 spiro atoms. The standard InChI is InChI=1S/C15H19N5O/c1-11(2)20(10-12-6-4-3-5-7-12)15(21)13-8-18-14(19-16)9-17-13/h3-9,11H,10,16H2,1-2H3,(H,18,19). The van der Waals surface area contributed by atoms with E-state index in [0.717, 1.165) is 5.56 Å². The fourth-order valence-electron chi connectivity index (χ4n) is 1.93. The third-order valence-corrected chi connectivity index (χ3v) is 3.10. The number of benzene rings is 1. The van der Waals surface area contributed by atoms with Crippen LogP contribution < -0.4 is 11.3 Å². The maximum absolute atomic E-state index is 12.6. The predicted molar refractivity (Wildman–Crippen MR) is 81.3 cm³/mol. The molecule has 110 valence electrons. The lowest BCUT2D eigenvalue weighted by molar-refractivity contribution is 0.0684. The van der Waals surface area contributed by atoms with Crippen molar-refractivity contribution in [1.82, 2.24) is 14.9 Å². The topological polar surface area (TPSA) is 84.1 Å². The van der Waals surface area contributed by atoms with Crippen LogP contribution in [0.4, 0.5) is 5.82 Å². The molecule has 3 N–H and O–H groups in total. The lowest BCUT2D eigenvalue weighted by Crippen LogP contribution is -2.37. The molecule has 1 aromatic heterocycles. The number of hydrogen-bond donors (Lipinski definition) is 2. The highest BCUT2D eigenvalue weighted by Crippen LogP contribution is 2.12. The molecule has 0 unspecified atom stereocenters. The number of nitrogens with two attached hydrogens (primary N) is 1. The fourth-order valence-corrected chi connectivity index (χ4v) is 1.93. The third kappa shape index (κ3) is 3.76. The zero-order valence-electron chi connectivity index (χ0n) is 12.2. The number of carbonyl (C=O) groups is 1. The van der Waals surface area contributed by atoms with E-state index in [1.807, 2.05) is 44.2 Å². The van der Waals surface area contributed by atoms with Crippen molar-refractivity contribution in [3.05, 3.63) is 54.0 Å². The number of hydrogen-bond acceptors (Lipinski definition) is 5. The SMILES string of the molecule is CC(C)N(Cc1ccccc1)C(=O)c1cnc(NN)cn1. The van der Waals surface area contributed by atoms with E-state index in [2.05, 4.69) is 15.4 Å². The molecule has 21 heavy (non-hydrogen) atoms. The van der Waals surface area contributed by atoms with Gasteiger partial charge in [0.1, 0.15) is 5.69 Å². The van der Waals surface area contributed by atoms with E-state index in [9.17, 15) is 4.79 Å². The van der Waals surface area contributed by atoms with Crippen LogP contribution in [0.2, 0.25) is 0 Å². The van der Waals surface area contributed by atoms with E-state index in [1.54, 1.807) is 4.90 Å². The molecule has 0 bridgehead atoms. The number of rotatable bonds is 5. The van der Waals surface area contributed by atoms with E-state index < -0.39 is 0 Å². The molecule has 0 aliphatic rings. The van der Waals surface area contributed by atoms with Crippen LogP contribution in [0, 0.1) is 0 Å². The second-order valence-corrected chi connectivity index (χ2v) is 4.94. The lowest BCUT2D eigenvalue weighted by atomic mass is 10.2. The minimum atomic E-state index is -0.148. The maximum Gasteiger partial charge on any atom is 0.274 e. The number of nitrogen functional groups attached to an aromatic ring is 1. The lowest BCUT2D eigenvalue weighted by Gasteiger charge is -2.26. The van der Waals surface area contributed by atoms with E-state index in [-0.39, 0.29) is 11.9 Å². The first-order valence-corrected chi connectivity index (χ1v) is 6.75. The highest BCUT2D eigenvalue weighted by Gasteiger charge is 2.20. The van der Waals surface area contributed by atoms with Crippen molar-refractivity contribution in [1.29, 1.82) is 0 Å². The zero-order chi connectivity index (χ0) is 15.2. The summed E-state index contributed by atoms with van der Waals surface area (Å²) in [6.07, 6.45) is 2.87. The van der Waals surface area contributed by atoms with Gasteiger partial charge in [0.2, 0.25) is 0 Å². The molecule has 0 saturated carbocycles. The highest BCUT2D eigenvalue weighted by molar-refractivity contribution is 5.92. The quantitative estimate of drug-likeness (QED) is 0.646. The normalized spacial score (nSPS) is 10.5. The molecule has 1 amide bonds. The molecule has 2 aromatic rings. The average molecular weight is 285 g/mol. The molecule has 6 heteroatoms. The molecule has 1 heterocycles. The molecule has 0 atom stereocenters. The van der Waals surface area contributed by atoms with Gasteiger partial charge >= 0.3 is 0 Å². The molecule has 0 radical (unpaired) electrons. The van der Waals surface area contributed by atoms with Gasteiger partial charge in [-0.05, 0) is 19.4 Å². The van der Waals surface area contributed by atoms with Crippen molar-refractivity contribution in [2.45, 2.75) is 26.4 Å². The number of hydrazine groups is 1. The van der Waals surface area contributed by atoms with Crippen LogP contribution in [0.1, 0.15) is 29.9 Å². The summed E-state index contributed by atoms with van der Waals surface area (Å²) in [6.45, 7) is 4.49. The third-order valence-electron chi connectivity index (χ3n) is 3.10. The van der Waals surface area contributed by atoms with Crippen molar-refractivity contribution in [2.75, 3.05) is 5.43 Å². The van der Waals surface area contributed by atoms with Crippen LogP contribution >= 0.6 is 0 Å². The monoisotopic (exact) mass is 285 g/mol. The summed E-state index contributed by atoms with van der Waals surface area (Å²) in [7, 11) is 0. The Kier molecular flexibility index (Phi) is 4.84. The summed E-state index contributed by atoms with van der Waals surface area (Å²) in [6, 6.07) is 9.92. The summed E-state index contributed by atoms with van der Waals surface area (Å²) >= 11 is 0.